The van der Waals surface area contributed by atoms with E-state index in [0.717, 1.165) is 31.1 Å². The molecular weight excluding hydrogens is 174 g/mol. The highest BCUT2D eigenvalue weighted by Crippen LogP contribution is 2.54. The molecule has 2 saturated carbocycles. The second-order valence-corrected chi connectivity index (χ2v) is 4.39. The molecule has 2 aliphatic rings. The van der Waals surface area contributed by atoms with E-state index >= 15 is 0 Å². The summed E-state index contributed by atoms with van der Waals surface area (Å²) in [4.78, 5) is 11.6. The van der Waals surface area contributed by atoms with Crippen molar-refractivity contribution >= 4 is 5.91 Å². The van der Waals surface area contributed by atoms with Crippen LogP contribution < -0.4 is 5.32 Å². The second kappa shape index (κ2) is 4.04. The van der Waals surface area contributed by atoms with E-state index in [9.17, 15) is 4.79 Å². The van der Waals surface area contributed by atoms with Crippen molar-refractivity contribution < 1.29 is 4.79 Å². The van der Waals surface area contributed by atoms with Gasteiger partial charge in [-0.3, -0.25) is 4.79 Å². The molecule has 0 aromatic carbocycles. The van der Waals surface area contributed by atoms with Crippen LogP contribution in [0.15, 0.2) is 0 Å². The summed E-state index contributed by atoms with van der Waals surface area (Å²) < 4.78 is 0. The number of carbonyl (C=O) groups excluding carboxylic acids is 1. The SMILES string of the molecule is CC#CCCNC(=O)C1CC2CC2C1. The Balaban J connectivity index is 1.65. The van der Waals surface area contributed by atoms with Crippen molar-refractivity contribution in [3.63, 3.8) is 0 Å². The van der Waals surface area contributed by atoms with Crippen LogP contribution in [0.25, 0.3) is 0 Å². The van der Waals surface area contributed by atoms with E-state index in [1.54, 1.807) is 0 Å². The number of amides is 1. The minimum Gasteiger partial charge on any atom is -0.355 e. The maximum Gasteiger partial charge on any atom is 0.223 e. The molecule has 2 atom stereocenters. The van der Waals surface area contributed by atoms with Gasteiger partial charge in [0.25, 0.3) is 0 Å². The van der Waals surface area contributed by atoms with Crippen LogP contribution in [0.1, 0.15) is 32.6 Å². The lowest BCUT2D eigenvalue weighted by Crippen LogP contribution is -2.30. The molecule has 2 heteroatoms. The first-order valence-electron chi connectivity index (χ1n) is 5.48. The summed E-state index contributed by atoms with van der Waals surface area (Å²) in [5.41, 5.74) is 0. The molecule has 0 aliphatic heterocycles. The highest BCUT2D eigenvalue weighted by molar-refractivity contribution is 5.79. The van der Waals surface area contributed by atoms with Crippen molar-refractivity contribution in [2.45, 2.75) is 32.6 Å². The van der Waals surface area contributed by atoms with Gasteiger partial charge in [0.05, 0.1) is 0 Å². The third-order valence-corrected chi connectivity index (χ3v) is 3.34. The number of hydrogen-bond acceptors (Lipinski definition) is 1. The normalized spacial score (nSPS) is 32.8. The van der Waals surface area contributed by atoms with E-state index < -0.39 is 0 Å². The van der Waals surface area contributed by atoms with Crippen LogP contribution in [0, 0.1) is 29.6 Å². The Morgan fingerprint density at radius 2 is 2.07 bits per heavy atom. The van der Waals surface area contributed by atoms with Crippen LogP contribution in [0.5, 0.6) is 0 Å². The van der Waals surface area contributed by atoms with Gasteiger partial charge in [-0.25, -0.2) is 0 Å². The van der Waals surface area contributed by atoms with E-state index in [0.29, 0.717) is 12.5 Å². The van der Waals surface area contributed by atoms with Crippen LogP contribution in [0.2, 0.25) is 0 Å². The Morgan fingerprint density at radius 1 is 1.36 bits per heavy atom. The number of nitrogens with one attached hydrogen (secondary N) is 1. The summed E-state index contributed by atoms with van der Waals surface area (Å²) >= 11 is 0. The monoisotopic (exact) mass is 191 g/mol. The highest BCUT2D eigenvalue weighted by Gasteiger charge is 2.47. The summed E-state index contributed by atoms with van der Waals surface area (Å²) in [7, 11) is 0. The van der Waals surface area contributed by atoms with Gasteiger partial charge in [-0.15, -0.1) is 11.8 Å². The van der Waals surface area contributed by atoms with E-state index in [-0.39, 0.29) is 5.91 Å². The fourth-order valence-corrected chi connectivity index (χ4v) is 2.45. The number of hydrogen-bond donors (Lipinski definition) is 1. The maximum absolute atomic E-state index is 11.6. The number of rotatable bonds is 3. The standard InChI is InChI=1S/C12H17NO/c1-2-3-4-5-13-12(14)11-7-9-6-10(9)8-11/h9-11H,4-8H2,1H3,(H,13,14). The summed E-state index contributed by atoms with van der Waals surface area (Å²) in [6.45, 7) is 2.54. The van der Waals surface area contributed by atoms with Crippen molar-refractivity contribution in [1.82, 2.24) is 5.32 Å². The maximum atomic E-state index is 11.6. The predicted molar refractivity (Wildman–Crippen MR) is 55.4 cm³/mol. The summed E-state index contributed by atoms with van der Waals surface area (Å²) in [6, 6.07) is 0. The molecule has 14 heavy (non-hydrogen) atoms. The zero-order chi connectivity index (χ0) is 9.97. The third-order valence-electron chi connectivity index (χ3n) is 3.34. The molecule has 0 spiro atoms. The van der Waals surface area contributed by atoms with Crippen LogP contribution in [-0.4, -0.2) is 12.5 Å². The molecule has 2 aliphatic carbocycles. The number of carbonyl (C=O) groups is 1. The van der Waals surface area contributed by atoms with Gasteiger partial charge in [0.1, 0.15) is 0 Å². The minimum atomic E-state index is 0.259. The highest BCUT2D eigenvalue weighted by atomic mass is 16.1. The molecule has 76 valence electrons. The van der Waals surface area contributed by atoms with E-state index in [4.69, 9.17) is 0 Å². The van der Waals surface area contributed by atoms with Crippen molar-refractivity contribution in [1.29, 1.82) is 0 Å². The molecule has 2 nitrogen and oxygen atoms in total. The zero-order valence-corrected chi connectivity index (χ0v) is 8.68. The van der Waals surface area contributed by atoms with Crippen LogP contribution in [0.3, 0.4) is 0 Å². The summed E-state index contributed by atoms with van der Waals surface area (Å²) in [5, 5.41) is 2.96. The van der Waals surface area contributed by atoms with Gasteiger partial charge in [-0.05, 0) is 38.0 Å². The molecule has 0 radical (unpaired) electrons. The number of fused-ring (bicyclic) bond motifs is 1. The van der Waals surface area contributed by atoms with Crippen LogP contribution >= 0.6 is 0 Å². The average Bonchev–Trinajstić information content (AvgIpc) is 2.80. The van der Waals surface area contributed by atoms with Gasteiger partial charge >= 0.3 is 0 Å². The van der Waals surface area contributed by atoms with Crippen molar-refractivity contribution in [3.05, 3.63) is 0 Å². The lowest BCUT2D eigenvalue weighted by Gasteiger charge is -2.10. The molecule has 2 fully saturated rings. The van der Waals surface area contributed by atoms with Crippen molar-refractivity contribution in [2.24, 2.45) is 17.8 Å². The molecule has 1 N–H and O–H groups in total. The van der Waals surface area contributed by atoms with Gasteiger partial charge in [-0.1, -0.05) is 0 Å². The molecular formula is C12H17NO. The van der Waals surface area contributed by atoms with Gasteiger partial charge in [0, 0.05) is 18.9 Å². The Labute approximate surface area is 85.5 Å². The average molecular weight is 191 g/mol. The van der Waals surface area contributed by atoms with E-state index in [2.05, 4.69) is 17.2 Å². The molecule has 0 bridgehead atoms. The molecule has 0 heterocycles. The predicted octanol–water partition coefficient (Wildman–Crippen LogP) is 1.56. The minimum absolute atomic E-state index is 0.259. The Hall–Kier alpha value is -0.970. The topological polar surface area (TPSA) is 29.1 Å². The largest absolute Gasteiger partial charge is 0.355 e. The third kappa shape index (κ3) is 2.09. The summed E-state index contributed by atoms with van der Waals surface area (Å²) in [6.07, 6.45) is 4.43. The van der Waals surface area contributed by atoms with Crippen LogP contribution in [0.4, 0.5) is 0 Å². The Kier molecular flexibility index (Phi) is 2.77. The lowest BCUT2D eigenvalue weighted by molar-refractivity contribution is -0.125. The quantitative estimate of drug-likeness (QED) is 0.532. The Bertz CT molecular complexity index is 276. The van der Waals surface area contributed by atoms with E-state index in [1.165, 1.54) is 6.42 Å². The molecule has 2 rings (SSSR count). The fraction of sp³-hybridized carbons (Fsp3) is 0.750. The van der Waals surface area contributed by atoms with Crippen LogP contribution in [-0.2, 0) is 4.79 Å². The fourth-order valence-electron chi connectivity index (χ4n) is 2.45. The molecule has 0 aromatic heterocycles. The molecule has 2 unspecified atom stereocenters. The lowest BCUT2D eigenvalue weighted by atomic mass is 10.0. The van der Waals surface area contributed by atoms with E-state index in [1.807, 2.05) is 6.92 Å². The van der Waals surface area contributed by atoms with Gasteiger partial charge in [0.2, 0.25) is 5.91 Å². The second-order valence-electron chi connectivity index (χ2n) is 4.39. The molecule has 0 aromatic rings. The van der Waals surface area contributed by atoms with Crippen molar-refractivity contribution in [3.8, 4) is 11.8 Å². The van der Waals surface area contributed by atoms with Gasteiger partial charge < -0.3 is 5.32 Å². The van der Waals surface area contributed by atoms with Gasteiger partial charge in [0.15, 0.2) is 0 Å². The summed E-state index contributed by atoms with van der Waals surface area (Å²) in [5.74, 6) is 8.12. The first-order chi connectivity index (χ1) is 6.81. The Morgan fingerprint density at radius 3 is 2.71 bits per heavy atom. The first kappa shape index (κ1) is 9.58. The van der Waals surface area contributed by atoms with Gasteiger partial charge in [-0.2, -0.15) is 0 Å². The first-order valence-corrected chi connectivity index (χ1v) is 5.48. The molecule has 0 saturated heterocycles. The van der Waals surface area contributed by atoms with Crippen molar-refractivity contribution in [2.75, 3.05) is 6.54 Å². The zero-order valence-electron chi connectivity index (χ0n) is 8.68. The smallest absolute Gasteiger partial charge is 0.223 e. The molecule has 1 amide bonds.